The molecule has 0 aliphatic carbocycles. The third-order valence-electron chi connectivity index (χ3n) is 15.8. The Labute approximate surface area is 465 Å². The van der Waals surface area contributed by atoms with Crippen LogP contribution in [0.25, 0.3) is 0 Å². The number of quaternary nitrogens is 4. The third-order valence-corrected chi connectivity index (χ3v) is 15.8. The molecule has 0 unspecified atom stereocenters. The summed E-state index contributed by atoms with van der Waals surface area (Å²) in [6.07, 6.45) is 44.2. The molecule has 0 bridgehead atoms. The molecule has 73 heavy (non-hydrogen) atoms. The zero-order valence-corrected chi connectivity index (χ0v) is 54.9. The van der Waals surface area contributed by atoms with Crippen molar-refractivity contribution in [3.63, 3.8) is 0 Å². The number of hydrogen-bond donors (Lipinski definition) is 0. The van der Waals surface area contributed by atoms with Gasteiger partial charge in [0.05, 0.1) is 105 Å². The Kier molecular flexibility index (Phi) is 66.7. The molecule has 8 nitrogen and oxygen atoms in total. The summed E-state index contributed by atoms with van der Waals surface area (Å²) in [6.45, 7) is 60.1. The number of unbranched alkanes of at least 4 members (excludes halogenated alkanes) is 16. The minimum absolute atomic E-state index is 1.35. The molecular weight excluding hydrogens is 917 g/mol. The van der Waals surface area contributed by atoms with Gasteiger partial charge in [-0.15, -0.1) is 0 Å². The highest BCUT2D eigenvalue weighted by molar-refractivity contribution is 6.38. The van der Waals surface area contributed by atoms with Gasteiger partial charge in [-0.3, -0.25) is 0 Å². The highest BCUT2D eigenvalue weighted by Gasteiger charge is 2.28. The van der Waals surface area contributed by atoms with Crippen LogP contribution in [-0.4, -0.2) is 132 Å². The molecule has 0 atom stereocenters. The molecule has 0 spiro atoms. The van der Waals surface area contributed by atoms with Gasteiger partial charge in [0, 0.05) is 0 Å². The zero-order valence-electron chi connectivity index (χ0n) is 53.9. The van der Waals surface area contributed by atoms with E-state index in [4.69, 9.17) is 19.2 Å². The third kappa shape index (κ3) is 55.0. The van der Waals surface area contributed by atoms with Gasteiger partial charge in [0.2, 0.25) is 0 Å². The summed E-state index contributed by atoms with van der Waals surface area (Å²) < 4.78 is 5.68. The van der Waals surface area contributed by atoms with E-state index < -0.39 is 9.05 Å². The Balaban J connectivity index is -0.000000272. The van der Waals surface area contributed by atoms with E-state index >= 15 is 0 Å². The van der Waals surface area contributed by atoms with Crippen LogP contribution in [0.2, 0.25) is 0 Å². The maximum atomic E-state index is 8.58. The lowest BCUT2D eigenvalue weighted by molar-refractivity contribution is -0.929. The molecule has 9 heteroatoms. The lowest BCUT2D eigenvalue weighted by atomic mass is 10.1. The standard InChI is InChI=1S/4C16H36N.O4Si/c4*1-5-9-13-17(14-10-6-2,15-11-7-3)16-12-8-4;1-5(2,3)4/h4*5-16H2,1-4H3;/q4*+1;-4. The van der Waals surface area contributed by atoms with Crippen LogP contribution >= 0.6 is 0 Å². The van der Waals surface area contributed by atoms with Gasteiger partial charge >= 0.3 is 0 Å². The number of hydrogen-bond acceptors (Lipinski definition) is 4. The fourth-order valence-corrected chi connectivity index (χ4v) is 10.6. The van der Waals surface area contributed by atoms with Crippen LogP contribution in [0.1, 0.15) is 316 Å². The molecule has 448 valence electrons. The van der Waals surface area contributed by atoms with Gasteiger partial charge in [-0.25, -0.2) is 0 Å². The number of nitrogens with zero attached hydrogens (tertiary/aromatic N) is 4. The van der Waals surface area contributed by atoms with E-state index in [9.17, 15) is 0 Å². The summed E-state index contributed by atoms with van der Waals surface area (Å²) in [5.41, 5.74) is 0. The molecule has 0 saturated carbocycles. The van der Waals surface area contributed by atoms with Crippen LogP contribution in [0.5, 0.6) is 0 Å². The lowest BCUT2D eigenvalue weighted by Gasteiger charge is -2.67. The van der Waals surface area contributed by atoms with Crippen molar-refractivity contribution in [3.05, 3.63) is 0 Å². The first kappa shape index (κ1) is 81.7. The molecule has 0 aromatic rings. The fraction of sp³-hybridized carbons (Fsp3) is 1.00. The molecular formula is C64H144N4O4Si. The zero-order chi connectivity index (χ0) is 56.4. The minimum atomic E-state index is -5.61. The van der Waals surface area contributed by atoms with Crippen molar-refractivity contribution in [2.75, 3.05) is 105 Å². The predicted octanol–water partition coefficient (Wildman–Crippen LogP) is 14.9. The van der Waals surface area contributed by atoms with Crippen molar-refractivity contribution in [1.82, 2.24) is 0 Å². The van der Waals surface area contributed by atoms with Gasteiger partial charge in [-0.05, 0) is 103 Å². The normalized spacial score (nSPS) is 12.0. The molecule has 0 amide bonds. The van der Waals surface area contributed by atoms with E-state index in [0.717, 1.165) is 0 Å². The predicted molar refractivity (Wildman–Crippen MR) is 323 cm³/mol. The Morgan fingerprint density at radius 2 is 0.219 bits per heavy atom. The van der Waals surface area contributed by atoms with Gasteiger partial charge in [-0.2, -0.15) is 0 Å². The highest BCUT2D eigenvalue weighted by Crippen LogP contribution is 2.20. The smallest absolute Gasteiger partial charge is 0.0786 e. The maximum absolute atomic E-state index is 8.58. The largest absolute Gasteiger partial charge is 0.894 e. The summed E-state index contributed by atoms with van der Waals surface area (Å²) in [6, 6.07) is 0. The fourth-order valence-electron chi connectivity index (χ4n) is 10.6. The Bertz CT molecular complexity index is 715. The van der Waals surface area contributed by atoms with E-state index in [0.29, 0.717) is 0 Å². The lowest BCUT2D eigenvalue weighted by Crippen LogP contribution is -2.82. The highest BCUT2D eigenvalue weighted by atomic mass is 28.4. The molecule has 0 rings (SSSR count). The van der Waals surface area contributed by atoms with Gasteiger partial charge in [-0.1, -0.05) is 214 Å². The van der Waals surface area contributed by atoms with E-state index in [1.807, 2.05) is 0 Å². The van der Waals surface area contributed by atoms with Crippen LogP contribution < -0.4 is 19.2 Å². The van der Waals surface area contributed by atoms with Crippen molar-refractivity contribution < 1.29 is 37.1 Å². The summed E-state index contributed by atoms with van der Waals surface area (Å²) in [7, 11) is -5.61. The topological polar surface area (TPSA) is 92.2 Å². The molecule has 0 heterocycles. The second-order valence-corrected chi connectivity index (χ2v) is 24.1. The van der Waals surface area contributed by atoms with Gasteiger partial charge in [0.15, 0.2) is 0 Å². The van der Waals surface area contributed by atoms with Crippen molar-refractivity contribution in [2.45, 2.75) is 316 Å². The minimum Gasteiger partial charge on any atom is -0.894 e. The maximum Gasteiger partial charge on any atom is 0.0786 e. The Morgan fingerprint density at radius 3 is 0.260 bits per heavy atom. The molecule has 0 aromatic carbocycles. The molecule has 0 radical (unpaired) electrons. The van der Waals surface area contributed by atoms with Crippen LogP contribution in [-0.2, 0) is 0 Å². The summed E-state index contributed by atoms with van der Waals surface area (Å²) in [5.74, 6) is 0. The molecule has 0 aliphatic heterocycles. The van der Waals surface area contributed by atoms with Crippen molar-refractivity contribution in [3.8, 4) is 0 Å². The molecule has 0 aliphatic rings. The van der Waals surface area contributed by atoms with Gasteiger partial charge in [0.1, 0.15) is 0 Å². The quantitative estimate of drug-likeness (QED) is 0.0448. The molecule has 0 aromatic heterocycles. The first-order chi connectivity index (χ1) is 35.0. The Morgan fingerprint density at radius 1 is 0.164 bits per heavy atom. The van der Waals surface area contributed by atoms with E-state index in [-0.39, 0.29) is 0 Å². The SMILES string of the molecule is CCCC[N+](CCCC)(CCCC)CCCC.CCCC[N+](CCCC)(CCCC)CCCC.CCCC[N+](CCCC)(CCCC)CCCC.CCCC[N+](CCCC)(CCCC)CCCC.[O-][Si]([O-])([O-])[O-]. The summed E-state index contributed by atoms with van der Waals surface area (Å²) >= 11 is 0. The van der Waals surface area contributed by atoms with Gasteiger partial charge < -0.3 is 46.2 Å². The first-order valence-electron chi connectivity index (χ1n) is 33.2. The summed E-state index contributed by atoms with van der Waals surface area (Å²) in [5, 5.41) is 0. The average molecular weight is 1060 g/mol. The van der Waals surface area contributed by atoms with Crippen molar-refractivity contribution in [1.29, 1.82) is 0 Å². The monoisotopic (exact) mass is 1060 g/mol. The van der Waals surface area contributed by atoms with E-state index in [1.165, 1.54) is 328 Å². The Hall–Kier alpha value is -0.103. The molecule has 0 N–H and O–H groups in total. The van der Waals surface area contributed by atoms with Crippen molar-refractivity contribution >= 4 is 9.05 Å². The molecule has 0 fully saturated rings. The van der Waals surface area contributed by atoms with Crippen LogP contribution in [0.3, 0.4) is 0 Å². The number of rotatable bonds is 48. The van der Waals surface area contributed by atoms with Crippen LogP contribution in [0.4, 0.5) is 0 Å². The van der Waals surface area contributed by atoms with Crippen LogP contribution in [0.15, 0.2) is 0 Å². The van der Waals surface area contributed by atoms with Crippen LogP contribution in [0, 0.1) is 0 Å². The second-order valence-electron chi connectivity index (χ2n) is 23.1. The van der Waals surface area contributed by atoms with Gasteiger partial charge in [0.25, 0.3) is 0 Å². The first-order valence-corrected chi connectivity index (χ1v) is 34.8. The average Bonchev–Trinajstić information content (AvgIpc) is 3.39. The van der Waals surface area contributed by atoms with E-state index in [2.05, 4.69) is 111 Å². The molecule has 0 saturated heterocycles. The second kappa shape index (κ2) is 59.6. The van der Waals surface area contributed by atoms with Crippen molar-refractivity contribution in [2.24, 2.45) is 0 Å². The van der Waals surface area contributed by atoms with E-state index in [1.54, 1.807) is 0 Å². The summed E-state index contributed by atoms with van der Waals surface area (Å²) in [4.78, 5) is 34.3.